The van der Waals surface area contributed by atoms with Crippen LogP contribution in [0.4, 0.5) is 0 Å². The van der Waals surface area contributed by atoms with E-state index in [-0.39, 0.29) is 6.42 Å². The van der Waals surface area contributed by atoms with Crippen LogP contribution in [0.5, 0.6) is 0 Å². The largest absolute Gasteiger partial charge is 0.481 e. The van der Waals surface area contributed by atoms with Crippen molar-refractivity contribution in [3.63, 3.8) is 0 Å². The van der Waals surface area contributed by atoms with Gasteiger partial charge in [0.05, 0.1) is 12.2 Å². The first kappa shape index (κ1) is 35.7. The smallest absolute Gasteiger partial charge is 0.394 e. The molecule has 0 radical (unpaired) electrons. The fourth-order valence-electron chi connectivity index (χ4n) is 2.68. The minimum Gasteiger partial charge on any atom is -0.481 e. The number of carboxylic acid groups (broad SMARTS) is 1. The van der Waals surface area contributed by atoms with Crippen molar-refractivity contribution < 1.29 is 55.2 Å². The normalized spacial score (nSPS) is 13.2. The van der Waals surface area contributed by atoms with Gasteiger partial charge in [-0.3, -0.25) is 23.0 Å². The average molecular weight is 513 g/mol. The van der Waals surface area contributed by atoms with E-state index < -0.39 is 39.0 Å². The monoisotopic (exact) mass is 512 g/mol. The molecule has 0 rings (SSSR count). The van der Waals surface area contributed by atoms with Crippen molar-refractivity contribution in [3.8, 4) is 0 Å². The van der Waals surface area contributed by atoms with Gasteiger partial charge in [-0.05, 0) is 19.3 Å². The van der Waals surface area contributed by atoms with E-state index in [1.807, 2.05) is 0 Å². The Labute approximate surface area is 191 Å². The van der Waals surface area contributed by atoms with Crippen LogP contribution in [0.25, 0.3) is 0 Å². The molecule has 2 unspecified atom stereocenters. The van der Waals surface area contributed by atoms with Crippen LogP contribution in [0.1, 0.15) is 96.8 Å². The molecule has 0 aliphatic carbocycles. The number of carboxylic acids is 1. The van der Waals surface area contributed by atoms with E-state index in [0.29, 0.717) is 12.8 Å². The van der Waals surface area contributed by atoms with Crippen LogP contribution in [0.15, 0.2) is 0 Å². The molecule has 14 heteroatoms. The number of aliphatic hydroxyl groups is 2. The Morgan fingerprint density at radius 3 is 1.22 bits per heavy atom. The standard InChI is InChI=1S/C18H36O4.2H2O4S/c1-2-3-4-5-7-10-13-16(19)17(20)14-11-8-6-9-12-15-18(21)22;2*1-5(2,3)4/h16-17,19-20H,2-15H2,1H3,(H,21,22);2*(H2,1,2,3,4). The van der Waals surface area contributed by atoms with Gasteiger partial charge in [0, 0.05) is 6.42 Å². The zero-order valence-electron chi connectivity index (χ0n) is 18.5. The summed E-state index contributed by atoms with van der Waals surface area (Å²) in [6.07, 6.45) is 12.2. The highest BCUT2D eigenvalue weighted by molar-refractivity contribution is 7.80. The number of aliphatic hydroxyl groups excluding tert-OH is 2. The molecule has 0 aromatic carbocycles. The van der Waals surface area contributed by atoms with Crippen molar-refractivity contribution in [2.24, 2.45) is 0 Å². The van der Waals surface area contributed by atoms with Crippen LogP contribution in [-0.2, 0) is 25.6 Å². The van der Waals surface area contributed by atoms with Gasteiger partial charge < -0.3 is 15.3 Å². The Morgan fingerprint density at radius 1 is 0.625 bits per heavy atom. The maximum Gasteiger partial charge on any atom is 0.394 e. The molecule has 0 aliphatic rings. The molecule has 12 nitrogen and oxygen atoms in total. The summed E-state index contributed by atoms with van der Waals surface area (Å²) >= 11 is 0. The molecule has 0 aliphatic heterocycles. The van der Waals surface area contributed by atoms with E-state index in [2.05, 4.69) is 6.92 Å². The zero-order chi connectivity index (χ0) is 25.6. The third-order valence-corrected chi connectivity index (χ3v) is 4.19. The summed E-state index contributed by atoms with van der Waals surface area (Å²) in [5.74, 6) is -0.728. The summed E-state index contributed by atoms with van der Waals surface area (Å²) in [5.41, 5.74) is 0. The molecule has 0 heterocycles. The lowest BCUT2D eigenvalue weighted by Gasteiger charge is -2.17. The molecule has 0 spiro atoms. The number of carbonyl (C=O) groups is 1. The highest BCUT2D eigenvalue weighted by Gasteiger charge is 2.15. The predicted octanol–water partition coefficient (Wildman–Crippen LogP) is 2.97. The molecule has 0 fully saturated rings. The van der Waals surface area contributed by atoms with Crippen molar-refractivity contribution in [1.82, 2.24) is 0 Å². The summed E-state index contributed by atoms with van der Waals surface area (Å²) in [5, 5.41) is 28.3. The van der Waals surface area contributed by atoms with Gasteiger partial charge in [0.1, 0.15) is 0 Å². The molecule has 196 valence electrons. The van der Waals surface area contributed by atoms with Crippen molar-refractivity contribution in [2.75, 3.05) is 0 Å². The van der Waals surface area contributed by atoms with Crippen LogP contribution >= 0.6 is 0 Å². The van der Waals surface area contributed by atoms with Crippen LogP contribution in [-0.4, -0.2) is 68.5 Å². The van der Waals surface area contributed by atoms with Crippen LogP contribution in [0, 0.1) is 0 Å². The van der Waals surface area contributed by atoms with Crippen LogP contribution < -0.4 is 0 Å². The van der Waals surface area contributed by atoms with E-state index in [4.69, 9.17) is 40.2 Å². The van der Waals surface area contributed by atoms with Gasteiger partial charge in [0.25, 0.3) is 0 Å². The number of rotatable bonds is 16. The Morgan fingerprint density at radius 2 is 0.906 bits per heavy atom. The number of hydrogen-bond acceptors (Lipinski definition) is 7. The molecule has 32 heavy (non-hydrogen) atoms. The Balaban J connectivity index is -0.000000695. The average Bonchev–Trinajstić information content (AvgIpc) is 2.60. The van der Waals surface area contributed by atoms with Gasteiger partial charge >= 0.3 is 26.8 Å². The Kier molecular flexibility index (Phi) is 24.5. The number of unbranched alkanes of at least 4 members (excludes halogenated alkanes) is 9. The third-order valence-electron chi connectivity index (χ3n) is 4.19. The molecule has 0 amide bonds. The summed E-state index contributed by atoms with van der Waals surface area (Å²) in [6.45, 7) is 2.20. The van der Waals surface area contributed by atoms with Gasteiger partial charge in [-0.2, -0.15) is 16.8 Å². The van der Waals surface area contributed by atoms with Gasteiger partial charge in [-0.1, -0.05) is 71.1 Å². The summed E-state index contributed by atoms with van der Waals surface area (Å²) < 4.78 is 63.2. The second kappa shape index (κ2) is 21.9. The second-order valence-electron chi connectivity index (χ2n) is 7.29. The topological polar surface area (TPSA) is 227 Å². The lowest BCUT2D eigenvalue weighted by Crippen LogP contribution is -2.25. The van der Waals surface area contributed by atoms with Crippen LogP contribution in [0.3, 0.4) is 0 Å². The van der Waals surface area contributed by atoms with Crippen molar-refractivity contribution >= 4 is 26.8 Å². The highest BCUT2D eigenvalue weighted by atomic mass is 32.3. The molecule has 0 aromatic rings. The molecule has 0 saturated carbocycles. The van der Waals surface area contributed by atoms with Gasteiger partial charge in [0.2, 0.25) is 0 Å². The molecule has 0 aromatic heterocycles. The van der Waals surface area contributed by atoms with E-state index >= 15 is 0 Å². The fourth-order valence-corrected chi connectivity index (χ4v) is 2.68. The van der Waals surface area contributed by atoms with Crippen molar-refractivity contribution in [1.29, 1.82) is 0 Å². The first-order chi connectivity index (χ1) is 14.6. The molecule has 7 N–H and O–H groups in total. The SMILES string of the molecule is CCCCCCCCC(O)C(O)CCCCCCCC(=O)O.O=S(=O)(O)O.O=S(=O)(O)O. The Bertz CT molecular complexity index is 588. The van der Waals surface area contributed by atoms with Crippen molar-refractivity contribution in [3.05, 3.63) is 0 Å². The second-order valence-corrected chi connectivity index (χ2v) is 9.08. The molecule has 0 bridgehead atoms. The molecular formula is C18H40O12S2. The number of hydrogen-bond donors (Lipinski definition) is 7. The summed E-state index contributed by atoms with van der Waals surface area (Å²) in [7, 11) is -9.33. The summed E-state index contributed by atoms with van der Waals surface area (Å²) in [6, 6.07) is 0. The molecule has 0 saturated heterocycles. The summed E-state index contributed by atoms with van der Waals surface area (Å²) in [4.78, 5) is 10.4. The first-order valence-electron chi connectivity index (χ1n) is 10.6. The van der Waals surface area contributed by atoms with E-state index in [1.165, 1.54) is 25.7 Å². The van der Waals surface area contributed by atoms with Gasteiger partial charge in [-0.15, -0.1) is 0 Å². The zero-order valence-corrected chi connectivity index (χ0v) is 20.2. The van der Waals surface area contributed by atoms with Crippen LogP contribution in [0.2, 0.25) is 0 Å². The lowest BCUT2D eigenvalue weighted by atomic mass is 9.99. The van der Waals surface area contributed by atoms with E-state index in [9.17, 15) is 15.0 Å². The fraction of sp³-hybridized carbons (Fsp3) is 0.944. The van der Waals surface area contributed by atoms with Gasteiger partial charge in [-0.25, -0.2) is 0 Å². The van der Waals surface area contributed by atoms with Gasteiger partial charge in [0.15, 0.2) is 0 Å². The maximum atomic E-state index is 10.4. The minimum absolute atomic E-state index is 0.250. The highest BCUT2D eigenvalue weighted by Crippen LogP contribution is 2.15. The molecular weight excluding hydrogens is 472 g/mol. The number of aliphatic carboxylic acids is 1. The Hall–Kier alpha value is -0.870. The third kappa shape index (κ3) is 51.6. The van der Waals surface area contributed by atoms with E-state index in [0.717, 1.165) is 44.9 Å². The van der Waals surface area contributed by atoms with E-state index in [1.54, 1.807) is 0 Å². The molecule has 2 atom stereocenters. The lowest BCUT2D eigenvalue weighted by molar-refractivity contribution is -0.137. The predicted molar refractivity (Wildman–Crippen MR) is 118 cm³/mol. The maximum absolute atomic E-state index is 10.4. The van der Waals surface area contributed by atoms with Crippen molar-refractivity contribution in [2.45, 2.75) is 109 Å². The first-order valence-corrected chi connectivity index (χ1v) is 13.3. The quantitative estimate of drug-likeness (QED) is 0.117. The minimum atomic E-state index is -4.67.